The summed E-state index contributed by atoms with van der Waals surface area (Å²) in [6.07, 6.45) is 7.18. The Balaban J connectivity index is 1.40. The van der Waals surface area contributed by atoms with Crippen molar-refractivity contribution >= 4 is 40.2 Å². The van der Waals surface area contributed by atoms with Gasteiger partial charge in [-0.2, -0.15) is 0 Å². The highest BCUT2D eigenvalue weighted by atomic mass is 32.2. The predicted octanol–water partition coefficient (Wildman–Crippen LogP) is 5.54. The molecule has 2 aliphatic rings. The Morgan fingerprint density at radius 1 is 1.23 bits per heavy atom. The molecule has 8 heteroatoms. The quantitative estimate of drug-likeness (QED) is 0.507. The van der Waals surface area contributed by atoms with E-state index in [9.17, 15) is 9.59 Å². The smallest absolute Gasteiger partial charge is 0.323 e. The summed E-state index contributed by atoms with van der Waals surface area (Å²) in [7, 11) is 0. The molecule has 0 saturated heterocycles. The van der Waals surface area contributed by atoms with Gasteiger partial charge in [-0.25, -0.2) is 9.78 Å². The van der Waals surface area contributed by atoms with Crippen molar-refractivity contribution < 1.29 is 14.7 Å². The van der Waals surface area contributed by atoms with E-state index in [4.69, 9.17) is 5.11 Å². The predicted molar refractivity (Wildman–Crippen MR) is 125 cm³/mol. The molecule has 166 valence electrons. The molecule has 2 saturated carbocycles. The van der Waals surface area contributed by atoms with E-state index in [1.165, 1.54) is 28.7 Å². The topological polar surface area (TPSA) is 82.5 Å². The maximum Gasteiger partial charge on any atom is 0.323 e. The molecule has 31 heavy (non-hydrogen) atoms. The van der Waals surface area contributed by atoms with Crippen molar-refractivity contribution in [2.24, 2.45) is 11.8 Å². The second kappa shape index (κ2) is 10.0. The third-order valence-electron chi connectivity index (χ3n) is 6.30. The number of carboxylic acids is 1. The molecule has 6 nitrogen and oxygen atoms in total. The zero-order valence-corrected chi connectivity index (χ0v) is 19.3. The minimum absolute atomic E-state index is 0.00941. The maximum atomic E-state index is 13.3. The molecule has 0 spiro atoms. The first-order valence-electron chi connectivity index (χ1n) is 10.9. The van der Waals surface area contributed by atoms with Crippen LogP contribution >= 0.6 is 23.1 Å². The average molecular weight is 460 g/mol. The van der Waals surface area contributed by atoms with Crippen LogP contribution in [0.1, 0.15) is 50.5 Å². The zero-order chi connectivity index (χ0) is 21.8. The Labute approximate surface area is 191 Å². The number of carbonyl (C=O) groups is 2. The van der Waals surface area contributed by atoms with Crippen LogP contribution in [0.15, 0.2) is 40.7 Å². The molecule has 0 bridgehead atoms. The van der Waals surface area contributed by atoms with Gasteiger partial charge in [0.15, 0.2) is 5.13 Å². The zero-order valence-electron chi connectivity index (χ0n) is 17.7. The summed E-state index contributed by atoms with van der Waals surface area (Å²) in [5.41, 5.74) is 1.37. The number of hydrogen-bond acceptors (Lipinski definition) is 5. The first kappa shape index (κ1) is 22.1. The fraction of sp³-hybridized carbons (Fsp3) is 0.522. The number of nitrogens with one attached hydrogen (secondary N) is 1. The monoisotopic (exact) mass is 459 g/mol. The van der Waals surface area contributed by atoms with Gasteiger partial charge in [-0.05, 0) is 55.4 Å². The number of hydrogen-bond donors (Lipinski definition) is 2. The lowest BCUT2D eigenvalue weighted by Gasteiger charge is -2.36. The highest BCUT2D eigenvalue weighted by Crippen LogP contribution is 2.48. The summed E-state index contributed by atoms with van der Waals surface area (Å²) in [5.74, 6) is 0.902. The first-order chi connectivity index (χ1) is 15.0. The van der Waals surface area contributed by atoms with Crippen LogP contribution in [-0.2, 0) is 4.79 Å². The molecule has 2 N–H and O–H groups in total. The van der Waals surface area contributed by atoms with Gasteiger partial charge in [-0.15, -0.1) is 11.8 Å². The lowest BCUT2D eigenvalue weighted by molar-refractivity contribution is -0.133. The van der Waals surface area contributed by atoms with Crippen molar-refractivity contribution in [2.75, 3.05) is 17.6 Å². The van der Waals surface area contributed by atoms with Gasteiger partial charge < -0.3 is 10.0 Å². The number of thioether (sulfide) groups is 1. The van der Waals surface area contributed by atoms with E-state index in [1.54, 1.807) is 6.20 Å². The number of aromatic nitrogens is 1. The number of aliphatic carboxylic acids is 1. The minimum atomic E-state index is -0.862. The summed E-state index contributed by atoms with van der Waals surface area (Å²) < 4.78 is 0.794. The van der Waals surface area contributed by atoms with Crippen molar-refractivity contribution in [1.29, 1.82) is 0 Å². The fourth-order valence-corrected chi connectivity index (χ4v) is 6.02. The molecule has 1 heterocycles. The summed E-state index contributed by atoms with van der Waals surface area (Å²) in [6, 6.07) is 10.8. The second-order valence-corrected chi connectivity index (χ2v) is 11.0. The van der Waals surface area contributed by atoms with Crippen molar-refractivity contribution in [1.82, 2.24) is 9.88 Å². The Morgan fingerprint density at radius 2 is 1.97 bits per heavy atom. The molecular weight excluding hydrogens is 430 g/mol. The molecule has 0 radical (unpaired) electrons. The first-order valence-corrected chi connectivity index (χ1v) is 12.7. The number of thiazole rings is 1. The summed E-state index contributed by atoms with van der Waals surface area (Å²) >= 11 is 2.55. The van der Waals surface area contributed by atoms with Crippen LogP contribution in [0.5, 0.6) is 0 Å². The summed E-state index contributed by atoms with van der Waals surface area (Å²) in [4.78, 5) is 30.3. The van der Waals surface area contributed by atoms with Gasteiger partial charge in [0.1, 0.15) is 0 Å². The van der Waals surface area contributed by atoms with Gasteiger partial charge in [0.05, 0.1) is 16.2 Å². The lowest BCUT2D eigenvalue weighted by Crippen LogP contribution is -2.45. The molecule has 0 unspecified atom stereocenters. The molecule has 0 aliphatic heterocycles. The van der Waals surface area contributed by atoms with Gasteiger partial charge in [0, 0.05) is 12.6 Å². The molecule has 2 aromatic rings. The molecular formula is C23H29N3O3S2. The number of anilines is 1. The Bertz CT molecular complexity index is 896. The molecule has 1 aromatic heterocycles. The van der Waals surface area contributed by atoms with Crippen molar-refractivity contribution in [2.45, 2.75) is 55.2 Å². The molecule has 4 rings (SSSR count). The van der Waals surface area contributed by atoms with Crippen LogP contribution in [-0.4, -0.2) is 45.3 Å². The molecule has 2 amide bonds. The minimum Gasteiger partial charge on any atom is -0.481 e. The van der Waals surface area contributed by atoms with Crippen LogP contribution in [0, 0.1) is 11.8 Å². The maximum absolute atomic E-state index is 13.3. The number of carboxylic acid groups (broad SMARTS) is 1. The Hall–Kier alpha value is -2.06. The van der Waals surface area contributed by atoms with Gasteiger partial charge in [0.2, 0.25) is 0 Å². The van der Waals surface area contributed by atoms with Crippen LogP contribution in [0.3, 0.4) is 0 Å². The fourth-order valence-electron chi connectivity index (χ4n) is 4.44. The lowest BCUT2D eigenvalue weighted by atomic mass is 9.86. The number of nitrogens with zero attached hydrogens (tertiary/aromatic N) is 2. The number of urea groups is 1. The number of amides is 2. The van der Waals surface area contributed by atoms with E-state index >= 15 is 0 Å². The van der Waals surface area contributed by atoms with Gasteiger partial charge in [0.25, 0.3) is 0 Å². The van der Waals surface area contributed by atoms with Gasteiger partial charge in [-0.1, -0.05) is 48.6 Å². The molecule has 1 aromatic carbocycles. The van der Waals surface area contributed by atoms with Crippen LogP contribution in [0.4, 0.5) is 9.93 Å². The Kier molecular flexibility index (Phi) is 7.17. The van der Waals surface area contributed by atoms with E-state index in [2.05, 4.69) is 41.5 Å². The SMILES string of the molecule is CC1CCC(N(C[C@@H]2C[C@H]2c2ccccc2)C(=O)Nc2ncc(SCC(=O)O)s2)CC1. The highest BCUT2D eigenvalue weighted by molar-refractivity contribution is 8.01. The summed E-state index contributed by atoms with van der Waals surface area (Å²) in [6.45, 7) is 3.06. The van der Waals surface area contributed by atoms with Crippen LogP contribution in [0.2, 0.25) is 0 Å². The second-order valence-electron chi connectivity index (χ2n) is 8.68. The highest BCUT2D eigenvalue weighted by Gasteiger charge is 2.41. The van der Waals surface area contributed by atoms with E-state index in [0.717, 1.165) is 48.8 Å². The van der Waals surface area contributed by atoms with Crippen LogP contribution in [0.25, 0.3) is 0 Å². The largest absolute Gasteiger partial charge is 0.481 e. The Morgan fingerprint density at radius 3 is 2.68 bits per heavy atom. The van der Waals surface area contributed by atoms with Crippen molar-refractivity contribution in [3.63, 3.8) is 0 Å². The van der Waals surface area contributed by atoms with Gasteiger partial charge in [-0.3, -0.25) is 10.1 Å². The third-order valence-corrected chi connectivity index (χ3v) is 8.40. The standard InChI is InChI=1S/C23H29N3O3S2/c1-15-7-9-18(10-8-15)26(13-17-11-19(17)16-5-3-2-4-6-16)23(29)25-22-24-12-21(31-22)30-14-20(27)28/h2-6,12,15,17-19H,7-11,13-14H2,1H3,(H,27,28)(H,24,25,29)/t15?,17-,18?,19-/m0/s1. The molecule has 2 atom stereocenters. The molecule has 2 fully saturated rings. The van der Waals surface area contributed by atoms with E-state index < -0.39 is 5.97 Å². The number of rotatable bonds is 8. The summed E-state index contributed by atoms with van der Waals surface area (Å²) in [5, 5.41) is 12.4. The van der Waals surface area contributed by atoms with Crippen molar-refractivity contribution in [3.8, 4) is 0 Å². The van der Waals surface area contributed by atoms with E-state index in [1.807, 2.05) is 11.0 Å². The van der Waals surface area contributed by atoms with Crippen LogP contribution < -0.4 is 5.32 Å². The van der Waals surface area contributed by atoms with E-state index in [-0.39, 0.29) is 17.8 Å². The number of benzene rings is 1. The van der Waals surface area contributed by atoms with Crippen molar-refractivity contribution in [3.05, 3.63) is 42.1 Å². The van der Waals surface area contributed by atoms with Gasteiger partial charge >= 0.3 is 12.0 Å². The normalized spacial score (nSPS) is 25.1. The van der Waals surface area contributed by atoms with E-state index in [0.29, 0.717) is 17.0 Å². The average Bonchev–Trinajstić information content (AvgIpc) is 3.40. The number of carbonyl (C=O) groups excluding carboxylic acids is 1. The molecule has 2 aliphatic carbocycles. The third kappa shape index (κ3) is 6.01.